The molecular formula is C19H15F2N3O3. The van der Waals surface area contributed by atoms with Gasteiger partial charge in [-0.1, -0.05) is 12.1 Å². The summed E-state index contributed by atoms with van der Waals surface area (Å²) in [6.07, 6.45) is 0.200. The van der Waals surface area contributed by atoms with Crippen LogP contribution in [0.1, 0.15) is 11.1 Å². The van der Waals surface area contributed by atoms with Crippen molar-refractivity contribution in [2.45, 2.75) is 19.5 Å². The molecule has 0 spiro atoms. The number of amides is 1. The van der Waals surface area contributed by atoms with Crippen LogP contribution in [0, 0.1) is 11.6 Å². The quantitative estimate of drug-likeness (QED) is 0.743. The molecule has 1 aliphatic heterocycles. The maximum atomic E-state index is 14.0. The van der Waals surface area contributed by atoms with Crippen LogP contribution in [-0.2, 0) is 24.3 Å². The van der Waals surface area contributed by atoms with Crippen LogP contribution in [0.15, 0.2) is 46.0 Å². The molecule has 0 saturated heterocycles. The van der Waals surface area contributed by atoms with Gasteiger partial charge >= 0.3 is 5.69 Å². The number of rotatable bonds is 2. The molecule has 0 fully saturated rings. The summed E-state index contributed by atoms with van der Waals surface area (Å²) in [5.74, 6) is -1.46. The van der Waals surface area contributed by atoms with E-state index in [9.17, 15) is 23.2 Å². The summed E-state index contributed by atoms with van der Waals surface area (Å²) < 4.78 is 29.1. The van der Waals surface area contributed by atoms with Gasteiger partial charge < -0.3 is 4.90 Å². The number of nitrogens with zero attached hydrogens (tertiary/aromatic N) is 2. The molecule has 0 unspecified atom stereocenters. The van der Waals surface area contributed by atoms with Crippen LogP contribution in [0.25, 0.3) is 10.9 Å². The molecule has 27 heavy (non-hydrogen) atoms. The first-order chi connectivity index (χ1) is 13.0. The highest BCUT2D eigenvalue weighted by Gasteiger charge is 2.26. The van der Waals surface area contributed by atoms with E-state index in [0.29, 0.717) is 10.9 Å². The largest absolute Gasteiger partial charge is 0.336 e. The van der Waals surface area contributed by atoms with Crippen molar-refractivity contribution < 1.29 is 13.6 Å². The molecule has 138 valence electrons. The van der Waals surface area contributed by atoms with Gasteiger partial charge in [-0.25, -0.2) is 13.6 Å². The van der Waals surface area contributed by atoms with Crippen LogP contribution < -0.4 is 11.2 Å². The average Bonchev–Trinajstić information content (AvgIpc) is 2.67. The minimum Gasteiger partial charge on any atom is -0.336 e. The number of aromatic nitrogens is 2. The van der Waals surface area contributed by atoms with Gasteiger partial charge in [-0.05, 0) is 36.2 Å². The number of nitrogens with one attached hydrogen (secondary N) is 1. The normalized spacial score (nSPS) is 13.6. The highest BCUT2D eigenvalue weighted by atomic mass is 19.1. The molecule has 2 heterocycles. The van der Waals surface area contributed by atoms with Crippen molar-refractivity contribution in [1.82, 2.24) is 14.5 Å². The van der Waals surface area contributed by atoms with E-state index in [1.807, 2.05) is 0 Å². The lowest BCUT2D eigenvalue weighted by Crippen LogP contribution is -2.41. The van der Waals surface area contributed by atoms with Crippen LogP contribution in [0.4, 0.5) is 8.78 Å². The zero-order valence-electron chi connectivity index (χ0n) is 14.2. The van der Waals surface area contributed by atoms with Crippen molar-refractivity contribution in [2.75, 3.05) is 6.54 Å². The summed E-state index contributed by atoms with van der Waals surface area (Å²) in [4.78, 5) is 40.4. The summed E-state index contributed by atoms with van der Waals surface area (Å²) in [6.45, 7) is -0.140. The zero-order valence-corrected chi connectivity index (χ0v) is 14.2. The Morgan fingerprint density at radius 3 is 2.52 bits per heavy atom. The molecule has 2 aromatic carbocycles. The molecule has 6 nitrogen and oxygen atoms in total. The number of fused-ring (bicyclic) bond motifs is 2. The average molecular weight is 371 g/mol. The van der Waals surface area contributed by atoms with Gasteiger partial charge in [0.15, 0.2) is 0 Å². The number of halogens is 2. The van der Waals surface area contributed by atoms with Gasteiger partial charge in [0, 0.05) is 18.7 Å². The Morgan fingerprint density at radius 2 is 1.74 bits per heavy atom. The SMILES string of the molecule is O=C(Cn1c(=O)[nH]c(=O)c2ccccc21)N1CCc2c(F)ccc(F)c2C1. The number of para-hydroxylation sites is 1. The standard InChI is InChI=1S/C19H15F2N3O3/c20-14-5-6-15(21)13-9-23(8-7-11(13)14)17(25)10-24-16-4-2-1-3-12(16)18(26)22-19(24)27/h1-6H,7-10H2,(H,22,26,27). The van der Waals surface area contributed by atoms with Gasteiger partial charge in [-0.3, -0.25) is 19.1 Å². The van der Waals surface area contributed by atoms with Gasteiger partial charge in [-0.15, -0.1) is 0 Å². The number of hydrogen-bond acceptors (Lipinski definition) is 3. The number of carbonyl (C=O) groups excluding carboxylic acids is 1. The van der Waals surface area contributed by atoms with Gasteiger partial charge in [-0.2, -0.15) is 0 Å². The first kappa shape index (κ1) is 17.1. The molecule has 4 rings (SSSR count). The fourth-order valence-electron chi connectivity index (χ4n) is 3.44. The first-order valence-electron chi connectivity index (χ1n) is 8.41. The Morgan fingerprint density at radius 1 is 1.04 bits per heavy atom. The number of aromatic amines is 1. The third-order valence-corrected chi connectivity index (χ3v) is 4.85. The minimum absolute atomic E-state index is 0.0617. The third-order valence-electron chi connectivity index (χ3n) is 4.85. The molecule has 0 atom stereocenters. The van der Waals surface area contributed by atoms with Crippen molar-refractivity contribution in [3.05, 3.63) is 80.0 Å². The zero-order chi connectivity index (χ0) is 19.1. The minimum atomic E-state index is -0.693. The van der Waals surface area contributed by atoms with Gasteiger partial charge in [0.2, 0.25) is 5.91 Å². The number of carbonyl (C=O) groups is 1. The Balaban J connectivity index is 1.66. The topological polar surface area (TPSA) is 75.2 Å². The van der Waals surface area contributed by atoms with Crippen LogP contribution in [0.5, 0.6) is 0 Å². The number of hydrogen-bond donors (Lipinski definition) is 1. The molecule has 1 aliphatic rings. The molecular weight excluding hydrogens is 356 g/mol. The van der Waals surface area contributed by atoms with Crippen LogP contribution in [0.2, 0.25) is 0 Å². The van der Waals surface area contributed by atoms with E-state index in [4.69, 9.17) is 0 Å². The molecule has 1 amide bonds. The lowest BCUT2D eigenvalue weighted by molar-refractivity contribution is -0.132. The second-order valence-corrected chi connectivity index (χ2v) is 6.41. The second kappa shape index (κ2) is 6.46. The van der Waals surface area contributed by atoms with Crippen LogP contribution in [-0.4, -0.2) is 26.9 Å². The molecule has 0 aliphatic carbocycles. The summed E-state index contributed by atoms with van der Waals surface area (Å²) in [5, 5.41) is 0.294. The molecule has 1 aromatic heterocycles. The predicted molar refractivity (Wildman–Crippen MR) is 94.3 cm³/mol. The smallest absolute Gasteiger partial charge is 0.329 e. The van der Waals surface area contributed by atoms with Gasteiger partial charge in [0.05, 0.1) is 10.9 Å². The summed E-state index contributed by atoms with van der Waals surface area (Å²) in [6, 6.07) is 8.59. The Labute approximate surface area is 151 Å². The fraction of sp³-hybridized carbons (Fsp3) is 0.211. The van der Waals surface area contributed by atoms with E-state index in [1.165, 1.54) is 9.47 Å². The monoisotopic (exact) mass is 371 g/mol. The number of benzene rings is 2. The summed E-state index contributed by atoms with van der Waals surface area (Å²) >= 11 is 0. The van der Waals surface area contributed by atoms with Crippen molar-refractivity contribution in [2.24, 2.45) is 0 Å². The maximum absolute atomic E-state index is 14.0. The lowest BCUT2D eigenvalue weighted by Gasteiger charge is -2.29. The van der Waals surface area contributed by atoms with E-state index in [0.717, 1.165) is 12.1 Å². The van der Waals surface area contributed by atoms with E-state index in [2.05, 4.69) is 4.98 Å². The second-order valence-electron chi connectivity index (χ2n) is 6.41. The predicted octanol–water partition coefficient (Wildman–Crippen LogP) is 1.55. The summed E-state index contributed by atoms with van der Waals surface area (Å²) in [7, 11) is 0. The van der Waals surface area contributed by atoms with Gasteiger partial charge in [0.1, 0.15) is 18.2 Å². The van der Waals surface area contributed by atoms with E-state index >= 15 is 0 Å². The molecule has 0 radical (unpaired) electrons. The third kappa shape index (κ3) is 2.92. The van der Waals surface area contributed by atoms with Crippen LogP contribution in [0.3, 0.4) is 0 Å². The van der Waals surface area contributed by atoms with Crippen molar-refractivity contribution in [3.8, 4) is 0 Å². The molecule has 1 N–H and O–H groups in total. The first-order valence-corrected chi connectivity index (χ1v) is 8.41. The molecule has 0 bridgehead atoms. The van der Waals surface area contributed by atoms with E-state index in [1.54, 1.807) is 24.3 Å². The Hall–Kier alpha value is -3.29. The molecule has 3 aromatic rings. The highest BCUT2D eigenvalue weighted by molar-refractivity contribution is 5.81. The molecule has 0 saturated carbocycles. The molecule has 8 heteroatoms. The fourth-order valence-corrected chi connectivity index (χ4v) is 3.44. The number of H-pyrrole nitrogens is 1. The van der Waals surface area contributed by atoms with Gasteiger partial charge in [0.25, 0.3) is 5.56 Å². The van der Waals surface area contributed by atoms with Crippen molar-refractivity contribution in [1.29, 1.82) is 0 Å². The Bertz CT molecular complexity index is 1180. The van der Waals surface area contributed by atoms with E-state index in [-0.39, 0.29) is 37.2 Å². The lowest BCUT2D eigenvalue weighted by atomic mass is 9.98. The van der Waals surface area contributed by atoms with Crippen molar-refractivity contribution in [3.63, 3.8) is 0 Å². The summed E-state index contributed by atoms with van der Waals surface area (Å²) in [5.41, 5.74) is -0.432. The highest BCUT2D eigenvalue weighted by Crippen LogP contribution is 2.24. The Kier molecular flexibility index (Phi) is 4.10. The van der Waals surface area contributed by atoms with Crippen molar-refractivity contribution >= 4 is 16.8 Å². The maximum Gasteiger partial charge on any atom is 0.329 e. The van der Waals surface area contributed by atoms with Crippen LogP contribution >= 0.6 is 0 Å². The van der Waals surface area contributed by atoms with E-state index < -0.39 is 28.8 Å².